The third-order valence-electron chi connectivity index (χ3n) is 2.26. The van der Waals surface area contributed by atoms with Gasteiger partial charge < -0.3 is 15.2 Å². The molecular formula is C12H23NO4. The molecule has 0 fully saturated rings. The van der Waals surface area contributed by atoms with Crippen LogP contribution >= 0.6 is 0 Å². The van der Waals surface area contributed by atoms with Crippen LogP contribution in [0.3, 0.4) is 0 Å². The molecule has 0 aliphatic rings. The molecular weight excluding hydrogens is 222 g/mol. The summed E-state index contributed by atoms with van der Waals surface area (Å²) in [5.74, 6) is -0.698. The lowest BCUT2D eigenvalue weighted by Gasteiger charge is -2.20. The lowest BCUT2D eigenvalue weighted by Crippen LogP contribution is -2.33. The van der Waals surface area contributed by atoms with Crippen molar-refractivity contribution in [3.8, 4) is 0 Å². The highest BCUT2D eigenvalue weighted by Crippen LogP contribution is 2.12. The number of ether oxygens (including phenoxy) is 1. The van der Waals surface area contributed by atoms with E-state index in [1.54, 1.807) is 20.8 Å². The molecule has 0 rings (SSSR count). The van der Waals surface area contributed by atoms with E-state index in [-0.39, 0.29) is 12.3 Å². The van der Waals surface area contributed by atoms with Crippen LogP contribution < -0.4 is 5.32 Å². The molecule has 0 aromatic rings. The van der Waals surface area contributed by atoms with Gasteiger partial charge in [0.25, 0.3) is 0 Å². The molecule has 1 amide bonds. The average molecular weight is 245 g/mol. The van der Waals surface area contributed by atoms with Gasteiger partial charge in [0.15, 0.2) is 0 Å². The Morgan fingerprint density at radius 3 is 2.35 bits per heavy atom. The highest BCUT2D eigenvalue weighted by molar-refractivity contribution is 5.68. The first-order valence-corrected chi connectivity index (χ1v) is 5.93. The number of carboxylic acids is 1. The number of alkyl carbamates (subject to hydrolysis) is 1. The smallest absolute Gasteiger partial charge is 0.407 e. The van der Waals surface area contributed by atoms with Crippen molar-refractivity contribution in [2.75, 3.05) is 6.54 Å². The zero-order valence-electron chi connectivity index (χ0n) is 11.1. The van der Waals surface area contributed by atoms with Crippen molar-refractivity contribution in [2.24, 2.45) is 5.92 Å². The van der Waals surface area contributed by atoms with Crippen LogP contribution in [0, 0.1) is 5.92 Å². The minimum Gasteiger partial charge on any atom is -0.481 e. The fraction of sp³-hybridized carbons (Fsp3) is 0.833. The van der Waals surface area contributed by atoms with Crippen LogP contribution in [0.15, 0.2) is 0 Å². The molecule has 2 N–H and O–H groups in total. The van der Waals surface area contributed by atoms with Crippen molar-refractivity contribution in [2.45, 2.75) is 52.6 Å². The van der Waals surface area contributed by atoms with Crippen LogP contribution in [-0.2, 0) is 9.53 Å². The van der Waals surface area contributed by atoms with Crippen LogP contribution in [0.4, 0.5) is 4.79 Å². The largest absolute Gasteiger partial charge is 0.481 e. The Bertz CT molecular complexity index is 258. The number of amides is 1. The van der Waals surface area contributed by atoms with Crippen LogP contribution in [0.5, 0.6) is 0 Å². The van der Waals surface area contributed by atoms with Gasteiger partial charge in [-0.25, -0.2) is 4.79 Å². The molecule has 1 unspecified atom stereocenters. The number of aliphatic carboxylic acids is 1. The third kappa shape index (κ3) is 9.66. The second-order valence-corrected chi connectivity index (χ2v) is 5.09. The lowest BCUT2D eigenvalue weighted by molar-refractivity contribution is -0.138. The van der Waals surface area contributed by atoms with Crippen LogP contribution in [0.25, 0.3) is 0 Å². The molecule has 0 heterocycles. The van der Waals surface area contributed by atoms with E-state index in [0.717, 1.165) is 6.42 Å². The number of hydrogen-bond donors (Lipinski definition) is 2. The standard InChI is InChI=1S/C12H23NO4/c1-5-9(8-10(14)15)6-7-13-11(16)17-12(2,3)4/h9H,5-8H2,1-4H3,(H,13,16)(H,14,15). The Kier molecular flexibility index (Phi) is 6.61. The van der Waals surface area contributed by atoms with Gasteiger partial charge >= 0.3 is 12.1 Å². The number of hydrogen-bond acceptors (Lipinski definition) is 3. The van der Waals surface area contributed by atoms with Crippen molar-refractivity contribution in [1.82, 2.24) is 5.32 Å². The van der Waals surface area contributed by atoms with E-state index >= 15 is 0 Å². The Balaban J connectivity index is 3.81. The van der Waals surface area contributed by atoms with E-state index in [1.807, 2.05) is 6.92 Å². The molecule has 0 aliphatic carbocycles. The number of rotatable bonds is 6. The van der Waals surface area contributed by atoms with E-state index < -0.39 is 17.7 Å². The van der Waals surface area contributed by atoms with Gasteiger partial charge in [-0.2, -0.15) is 0 Å². The summed E-state index contributed by atoms with van der Waals surface area (Å²) < 4.78 is 5.07. The number of nitrogens with one attached hydrogen (secondary N) is 1. The van der Waals surface area contributed by atoms with E-state index in [1.165, 1.54) is 0 Å². The quantitative estimate of drug-likeness (QED) is 0.753. The summed E-state index contributed by atoms with van der Waals surface area (Å²) >= 11 is 0. The van der Waals surface area contributed by atoms with Crippen LogP contribution in [0.1, 0.15) is 47.0 Å². The summed E-state index contributed by atoms with van der Waals surface area (Å²) in [4.78, 5) is 21.8. The fourth-order valence-corrected chi connectivity index (χ4v) is 1.39. The molecule has 0 aliphatic heterocycles. The molecule has 0 saturated carbocycles. The normalized spacial score (nSPS) is 12.9. The number of carbonyl (C=O) groups is 2. The summed E-state index contributed by atoms with van der Waals surface area (Å²) in [5.41, 5.74) is -0.505. The van der Waals surface area contributed by atoms with Crippen molar-refractivity contribution in [1.29, 1.82) is 0 Å². The summed E-state index contributed by atoms with van der Waals surface area (Å²) in [6.45, 7) is 7.78. The molecule has 1 atom stereocenters. The monoisotopic (exact) mass is 245 g/mol. The lowest BCUT2D eigenvalue weighted by atomic mass is 9.99. The van der Waals surface area contributed by atoms with E-state index in [9.17, 15) is 9.59 Å². The van der Waals surface area contributed by atoms with Gasteiger partial charge in [-0.3, -0.25) is 4.79 Å². The molecule has 5 heteroatoms. The van der Waals surface area contributed by atoms with Gasteiger partial charge in [0, 0.05) is 13.0 Å². The molecule has 17 heavy (non-hydrogen) atoms. The third-order valence-corrected chi connectivity index (χ3v) is 2.26. The van der Waals surface area contributed by atoms with Crippen LogP contribution in [-0.4, -0.2) is 29.3 Å². The van der Waals surface area contributed by atoms with Gasteiger partial charge in [0.05, 0.1) is 0 Å². The molecule has 0 saturated heterocycles. The summed E-state index contributed by atoms with van der Waals surface area (Å²) in [6.07, 6.45) is 1.14. The minimum atomic E-state index is -0.797. The Morgan fingerprint density at radius 2 is 1.94 bits per heavy atom. The van der Waals surface area contributed by atoms with Gasteiger partial charge in [-0.05, 0) is 33.1 Å². The first-order chi connectivity index (χ1) is 7.74. The van der Waals surface area contributed by atoms with E-state index in [2.05, 4.69) is 5.32 Å². The number of carboxylic acid groups (broad SMARTS) is 1. The molecule has 5 nitrogen and oxygen atoms in total. The fourth-order valence-electron chi connectivity index (χ4n) is 1.39. The summed E-state index contributed by atoms with van der Waals surface area (Å²) in [6, 6.07) is 0. The summed E-state index contributed by atoms with van der Waals surface area (Å²) in [7, 11) is 0. The van der Waals surface area contributed by atoms with Crippen LogP contribution in [0.2, 0.25) is 0 Å². The Morgan fingerprint density at radius 1 is 1.35 bits per heavy atom. The summed E-state index contributed by atoms with van der Waals surface area (Å²) in [5, 5.41) is 11.3. The molecule has 0 aromatic carbocycles. The molecule has 0 spiro atoms. The van der Waals surface area contributed by atoms with E-state index in [4.69, 9.17) is 9.84 Å². The molecule has 0 bridgehead atoms. The van der Waals surface area contributed by atoms with Gasteiger partial charge in [0.1, 0.15) is 5.60 Å². The minimum absolute atomic E-state index is 0.0995. The van der Waals surface area contributed by atoms with Crippen molar-refractivity contribution in [3.05, 3.63) is 0 Å². The topological polar surface area (TPSA) is 75.6 Å². The maximum atomic E-state index is 11.3. The molecule has 0 aromatic heterocycles. The van der Waals surface area contributed by atoms with E-state index in [0.29, 0.717) is 13.0 Å². The Hall–Kier alpha value is -1.26. The predicted molar refractivity (Wildman–Crippen MR) is 64.9 cm³/mol. The van der Waals surface area contributed by atoms with Crippen molar-refractivity contribution in [3.63, 3.8) is 0 Å². The van der Waals surface area contributed by atoms with Crippen molar-refractivity contribution >= 4 is 12.1 Å². The van der Waals surface area contributed by atoms with Gasteiger partial charge in [-0.1, -0.05) is 13.3 Å². The number of carbonyl (C=O) groups excluding carboxylic acids is 1. The first kappa shape index (κ1) is 15.7. The second kappa shape index (κ2) is 7.14. The zero-order chi connectivity index (χ0) is 13.5. The first-order valence-electron chi connectivity index (χ1n) is 5.93. The Labute approximate surface area is 103 Å². The van der Waals surface area contributed by atoms with Gasteiger partial charge in [-0.15, -0.1) is 0 Å². The average Bonchev–Trinajstić information content (AvgIpc) is 2.12. The SMILES string of the molecule is CCC(CCNC(=O)OC(C)(C)C)CC(=O)O. The zero-order valence-corrected chi connectivity index (χ0v) is 11.1. The van der Waals surface area contributed by atoms with Crippen molar-refractivity contribution < 1.29 is 19.4 Å². The second-order valence-electron chi connectivity index (χ2n) is 5.09. The van der Waals surface area contributed by atoms with Gasteiger partial charge in [0.2, 0.25) is 0 Å². The maximum Gasteiger partial charge on any atom is 0.407 e. The maximum absolute atomic E-state index is 11.3. The molecule has 0 radical (unpaired) electrons. The highest BCUT2D eigenvalue weighted by atomic mass is 16.6. The predicted octanol–water partition coefficient (Wildman–Crippen LogP) is 2.40. The molecule has 100 valence electrons. The highest BCUT2D eigenvalue weighted by Gasteiger charge is 2.16.